The number of carbonyl (C=O) groups is 2. The van der Waals surface area contributed by atoms with E-state index < -0.39 is 17.5 Å². The largest absolute Gasteiger partial charge is 0.495 e. The number of nitrogens with one attached hydrogen (secondary N) is 1. The molecule has 0 spiro atoms. The molecule has 5 nitrogen and oxygen atoms in total. The summed E-state index contributed by atoms with van der Waals surface area (Å²) in [5.74, 6) is -0.710. The maximum atomic E-state index is 13.6. The van der Waals surface area contributed by atoms with Crippen molar-refractivity contribution in [1.29, 1.82) is 0 Å². The molecule has 1 N–H and O–H groups in total. The van der Waals surface area contributed by atoms with Crippen LogP contribution >= 0.6 is 11.6 Å². The smallest absolute Gasteiger partial charge is 0.224 e. The standard InChI is InChI=1S/C18H17ClFNO4/c1-24-16-10-14(17(25-2)9-12(16)19)21-18(23)8-7-15(22)11-5-3-4-6-13(11)20/h3-6,9-10H,7-8H2,1-2H3,(H,21,23). The van der Waals surface area contributed by atoms with Gasteiger partial charge < -0.3 is 14.8 Å². The number of Topliss-reactive ketones (excluding diaryl/α,β-unsaturated/α-hetero) is 1. The van der Waals surface area contributed by atoms with Crippen molar-refractivity contribution in [2.45, 2.75) is 12.8 Å². The molecule has 2 rings (SSSR count). The number of hydrogen-bond donors (Lipinski definition) is 1. The highest BCUT2D eigenvalue weighted by Gasteiger charge is 2.15. The Morgan fingerprint density at radius 1 is 1.08 bits per heavy atom. The highest BCUT2D eigenvalue weighted by Crippen LogP contribution is 2.35. The molecule has 1 amide bonds. The van der Waals surface area contributed by atoms with Gasteiger partial charge in [0.05, 0.1) is 30.5 Å². The van der Waals surface area contributed by atoms with Crippen LogP contribution in [-0.4, -0.2) is 25.9 Å². The van der Waals surface area contributed by atoms with Gasteiger partial charge in [0, 0.05) is 25.0 Å². The molecule has 2 aromatic carbocycles. The van der Waals surface area contributed by atoms with Crippen molar-refractivity contribution in [2.75, 3.05) is 19.5 Å². The monoisotopic (exact) mass is 365 g/mol. The molecular formula is C18H17ClFNO4. The molecule has 25 heavy (non-hydrogen) atoms. The van der Waals surface area contributed by atoms with Gasteiger partial charge in [0.2, 0.25) is 5.91 Å². The molecule has 7 heteroatoms. The van der Waals surface area contributed by atoms with Crippen LogP contribution in [0.3, 0.4) is 0 Å². The van der Waals surface area contributed by atoms with E-state index in [1.165, 1.54) is 44.6 Å². The first kappa shape index (κ1) is 18.7. The summed E-state index contributed by atoms with van der Waals surface area (Å²) in [6.45, 7) is 0. The maximum Gasteiger partial charge on any atom is 0.224 e. The number of amides is 1. The lowest BCUT2D eigenvalue weighted by molar-refractivity contribution is -0.116. The van der Waals surface area contributed by atoms with Crippen LogP contribution in [0.4, 0.5) is 10.1 Å². The van der Waals surface area contributed by atoms with Gasteiger partial charge in [-0.3, -0.25) is 9.59 Å². The first-order chi connectivity index (χ1) is 12.0. The van der Waals surface area contributed by atoms with E-state index in [4.69, 9.17) is 21.1 Å². The van der Waals surface area contributed by atoms with E-state index in [0.717, 1.165) is 0 Å². The summed E-state index contributed by atoms with van der Waals surface area (Å²) in [6, 6.07) is 8.71. The Balaban J connectivity index is 2.03. The molecular weight excluding hydrogens is 349 g/mol. The summed E-state index contributed by atoms with van der Waals surface area (Å²) in [7, 11) is 2.89. The number of benzene rings is 2. The number of halogens is 2. The number of rotatable bonds is 7. The maximum absolute atomic E-state index is 13.6. The summed E-state index contributed by atoms with van der Waals surface area (Å²) in [4.78, 5) is 24.1. The van der Waals surface area contributed by atoms with Crippen LogP contribution in [-0.2, 0) is 4.79 Å². The average Bonchev–Trinajstić information content (AvgIpc) is 2.61. The molecule has 2 aromatic rings. The Morgan fingerprint density at radius 3 is 2.40 bits per heavy atom. The van der Waals surface area contributed by atoms with E-state index in [9.17, 15) is 14.0 Å². The normalized spacial score (nSPS) is 10.2. The van der Waals surface area contributed by atoms with Crippen molar-refractivity contribution in [1.82, 2.24) is 0 Å². The van der Waals surface area contributed by atoms with Crippen LogP contribution in [0.5, 0.6) is 11.5 Å². The fraction of sp³-hybridized carbons (Fsp3) is 0.222. The molecule has 0 saturated heterocycles. The van der Waals surface area contributed by atoms with E-state index in [2.05, 4.69) is 5.32 Å². The summed E-state index contributed by atoms with van der Waals surface area (Å²) in [5.41, 5.74) is 0.341. The lowest BCUT2D eigenvalue weighted by atomic mass is 10.1. The second kappa shape index (κ2) is 8.48. The van der Waals surface area contributed by atoms with Crippen molar-refractivity contribution in [3.8, 4) is 11.5 Å². The third kappa shape index (κ3) is 4.70. The van der Waals surface area contributed by atoms with Gasteiger partial charge >= 0.3 is 0 Å². The van der Waals surface area contributed by atoms with Crippen molar-refractivity contribution in [3.05, 3.63) is 52.8 Å². The van der Waals surface area contributed by atoms with Crippen LogP contribution in [0, 0.1) is 5.82 Å². The molecule has 0 radical (unpaired) electrons. The summed E-state index contributed by atoms with van der Waals surface area (Å²) >= 11 is 6.00. The summed E-state index contributed by atoms with van der Waals surface area (Å²) < 4.78 is 23.8. The fourth-order valence-electron chi connectivity index (χ4n) is 2.22. The molecule has 0 fully saturated rings. The van der Waals surface area contributed by atoms with Crippen LogP contribution in [0.25, 0.3) is 0 Å². The minimum Gasteiger partial charge on any atom is -0.495 e. The molecule has 0 aliphatic heterocycles. The third-order valence-electron chi connectivity index (χ3n) is 3.50. The highest BCUT2D eigenvalue weighted by molar-refractivity contribution is 6.32. The molecule has 0 aromatic heterocycles. The predicted octanol–water partition coefficient (Wildman–Crippen LogP) is 4.10. The molecule has 0 heterocycles. The number of methoxy groups -OCH3 is 2. The Hall–Kier alpha value is -2.60. The Bertz CT molecular complexity index is 795. The number of anilines is 1. The van der Waals surface area contributed by atoms with E-state index in [1.54, 1.807) is 6.07 Å². The van der Waals surface area contributed by atoms with Gasteiger partial charge in [-0.1, -0.05) is 23.7 Å². The molecule has 0 aliphatic carbocycles. The zero-order valence-electron chi connectivity index (χ0n) is 13.8. The van der Waals surface area contributed by atoms with Crippen molar-refractivity contribution in [2.24, 2.45) is 0 Å². The van der Waals surface area contributed by atoms with E-state index in [-0.39, 0.29) is 18.4 Å². The SMILES string of the molecule is COc1cc(NC(=O)CCC(=O)c2ccccc2F)c(OC)cc1Cl. The topological polar surface area (TPSA) is 64.6 Å². The lowest BCUT2D eigenvalue weighted by Crippen LogP contribution is -2.14. The van der Waals surface area contributed by atoms with Crippen molar-refractivity contribution >= 4 is 29.0 Å². The second-order valence-electron chi connectivity index (χ2n) is 5.14. The first-order valence-corrected chi connectivity index (χ1v) is 7.83. The molecule has 132 valence electrons. The zero-order chi connectivity index (χ0) is 18.4. The molecule has 0 atom stereocenters. The molecule has 0 aliphatic rings. The van der Waals surface area contributed by atoms with Crippen molar-refractivity contribution in [3.63, 3.8) is 0 Å². The molecule has 0 saturated carbocycles. The van der Waals surface area contributed by atoms with Crippen LogP contribution < -0.4 is 14.8 Å². The highest BCUT2D eigenvalue weighted by atomic mass is 35.5. The van der Waals surface area contributed by atoms with Gasteiger partial charge in [0.15, 0.2) is 5.78 Å². The quantitative estimate of drug-likeness (QED) is 0.750. The number of ether oxygens (including phenoxy) is 2. The van der Waals surface area contributed by atoms with Crippen molar-refractivity contribution < 1.29 is 23.5 Å². The third-order valence-corrected chi connectivity index (χ3v) is 3.80. The van der Waals surface area contributed by atoms with Gasteiger partial charge in [0.1, 0.15) is 17.3 Å². The fourth-order valence-corrected chi connectivity index (χ4v) is 2.45. The van der Waals surface area contributed by atoms with E-state index >= 15 is 0 Å². The van der Waals surface area contributed by atoms with Crippen LogP contribution in [0.15, 0.2) is 36.4 Å². The van der Waals surface area contributed by atoms with Gasteiger partial charge in [-0.2, -0.15) is 0 Å². The van der Waals surface area contributed by atoms with Crippen LogP contribution in [0.2, 0.25) is 5.02 Å². The van der Waals surface area contributed by atoms with Crippen LogP contribution in [0.1, 0.15) is 23.2 Å². The van der Waals surface area contributed by atoms with Gasteiger partial charge in [0.25, 0.3) is 0 Å². The predicted molar refractivity (Wildman–Crippen MR) is 93.2 cm³/mol. The summed E-state index contributed by atoms with van der Waals surface area (Å²) in [6.07, 6.45) is -0.207. The average molecular weight is 366 g/mol. The first-order valence-electron chi connectivity index (χ1n) is 7.45. The van der Waals surface area contributed by atoms with Gasteiger partial charge in [-0.15, -0.1) is 0 Å². The molecule has 0 bridgehead atoms. The Kier molecular flexibility index (Phi) is 6.36. The van der Waals surface area contributed by atoms with E-state index in [0.29, 0.717) is 22.2 Å². The number of ketones is 1. The number of hydrogen-bond acceptors (Lipinski definition) is 4. The summed E-state index contributed by atoms with van der Waals surface area (Å²) in [5, 5.41) is 2.98. The number of carbonyl (C=O) groups excluding carboxylic acids is 2. The van der Waals surface area contributed by atoms with Gasteiger partial charge in [-0.05, 0) is 12.1 Å². The molecule has 0 unspecified atom stereocenters. The van der Waals surface area contributed by atoms with E-state index in [1.807, 2.05) is 0 Å². The second-order valence-corrected chi connectivity index (χ2v) is 5.55. The zero-order valence-corrected chi connectivity index (χ0v) is 14.5. The van der Waals surface area contributed by atoms with Gasteiger partial charge in [-0.25, -0.2) is 4.39 Å². The Labute approximate surface area is 149 Å². The lowest BCUT2D eigenvalue weighted by Gasteiger charge is -2.13. The minimum atomic E-state index is -0.600. The Morgan fingerprint density at radius 2 is 1.76 bits per heavy atom. The minimum absolute atomic E-state index is 0.0268.